The molecule has 96 valence electrons. The molecule has 3 nitrogen and oxygen atoms in total. The van der Waals surface area contributed by atoms with E-state index in [0.717, 1.165) is 5.56 Å². The maximum Gasteiger partial charge on any atom is 0.165 e. The molecule has 0 N–H and O–H groups in total. The third-order valence-electron chi connectivity index (χ3n) is 2.52. The van der Waals surface area contributed by atoms with Crippen LogP contribution in [0.4, 0.5) is 0 Å². The third-order valence-corrected chi connectivity index (χ3v) is 3.42. The van der Waals surface area contributed by atoms with Crippen LogP contribution in [-0.2, 0) is 5.33 Å². The predicted molar refractivity (Wildman–Crippen MR) is 76.8 cm³/mol. The highest BCUT2D eigenvalue weighted by atomic mass is 79.9. The molecule has 0 spiro atoms. The second kappa shape index (κ2) is 5.76. The Morgan fingerprint density at radius 2 is 2.22 bits per heavy atom. The lowest BCUT2D eigenvalue weighted by Crippen LogP contribution is -1.99. The fourth-order valence-corrected chi connectivity index (χ4v) is 2.22. The molecule has 0 atom stereocenters. The number of hydrogen-bond acceptors (Lipinski definition) is 2. The van der Waals surface area contributed by atoms with Gasteiger partial charge in [0.2, 0.25) is 0 Å². The molecule has 0 bridgehead atoms. The van der Waals surface area contributed by atoms with Crippen molar-refractivity contribution in [2.24, 2.45) is 0 Å². The minimum atomic E-state index is 0.309. The zero-order valence-corrected chi connectivity index (χ0v) is 12.6. The SMILES string of the molecule is CC(C)n1cc(Oc2c(Cl)cccc2CBr)cn1. The summed E-state index contributed by atoms with van der Waals surface area (Å²) >= 11 is 9.58. The van der Waals surface area contributed by atoms with Crippen LogP contribution < -0.4 is 4.74 Å². The highest BCUT2D eigenvalue weighted by Gasteiger charge is 2.10. The molecule has 18 heavy (non-hydrogen) atoms. The summed E-state index contributed by atoms with van der Waals surface area (Å²) in [5.74, 6) is 1.37. The van der Waals surface area contributed by atoms with E-state index in [-0.39, 0.29) is 0 Å². The Hall–Kier alpha value is -1.00. The summed E-state index contributed by atoms with van der Waals surface area (Å²) in [6.07, 6.45) is 3.56. The normalized spacial score (nSPS) is 10.9. The molecule has 0 aliphatic heterocycles. The van der Waals surface area contributed by atoms with Crippen LogP contribution in [0.15, 0.2) is 30.6 Å². The summed E-state index contributed by atoms with van der Waals surface area (Å²) in [6.45, 7) is 4.13. The van der Waals surface area contributed by atoms with Gasteiger partial charge in [-0.2, -0.15) is 5.10 Å². The standard InChI is InChI=1S/C13H14BrClN2O/c1-9(2)17-8-11(7-16-17)18-13-10(6-14)4-3-5-12(13)15/h3-5,7-9H,6H2,1-2H3. The number of halogens is 2. The molecule has 2 rings (SSSR count). The summed E-state index contributed by atoms with van der Waals surface area (Å²) < 4.78 is 7.66. The van der Waals surface area contributed by atoms with E-state index in [1.807, 2.05) is 29.1 Å². The largest absolute Gasteiger partial charge is 0.452 e. The fraction of sp³-hybridized carbons (Fsp3) is 0.308. The fourth-order valence-electron chi connectivity index (χ4n) is 1.55. The zero-order chi connectivity index (χ0) is 13.1. The van der Waals surface area contributed by atoms with Crippen molar-refractivity contribution in [2.45, 2.75) is 25.2 Å². The number of aromatic nitrogens is 2. The Morgan fingerprint density at radius 1 is 1.44 bits per heavy atom. The van der Waals surface area contributed by atoms with E-state index in [9.17, 15) is 0 Å². The number of benzene rings is 1. The molecule has 0 radical (unpaired) electrons. The van der Waals surface area contributed by atoms with Gasteiger partial charge >= 0.3 is 0 Å². The molecule has 0 aliphatic carbocycles. The second-order valence-electron chi connectivity index (χ2n) is 4.21. The van der Waals surface area contributed by atoms with Crippen LogP contribution >= 0.6 is 27.5 Å². The Balaban J connectivity index is 2.27. The van der Waals surface area contributed by atoms with Gasteiger partial charge in [-0.05, 0) is 19.9 Å². The molecular formula is C13H14BrClN2O. The van der Waals surface area contributed by atoms with Gasteiger partial charge in [0.25, 0.3) is 0 Å². The summed E-state index contributed by atoms with van der Waals surface area (Å²) in [5.41, 5.74) is 1.01. The quantitative estimate of drug-likeness (QED) is 0.753. The Labute approximate surface area is 120 Å². The van der Waals surface area contributed by atoms with Crippen molar-refractivity contribution in [3.05, 3.63) is 41.2 Å². The van der Waals surface area contributed by atoms with Crippen LogP contribution in [0, 0.1) is 0 Å². The number of nitrogens with zero attached hydrogens (tertiary/aromatic N) is 2. The highest BCUT2D eigenvalue weighted by Crippen LogP contribution is 2.34. The van der Waals surface area contributed by atoms with E-state index >= 15 is 0 Å². The van der Waals surface area contributed by atoms with Crippen molar-refractivity contribution < 1.29 is 4.74 Å². The lowest BCUT2D eigenvalue weighted by Gasteiger charge is -2.09. The second-order valence-corrected chi connectivity index (χ2v) is 5.18. The number of ether oxygens (including phenoxy) is 1. The first-order valence-electron chi connectivity index (χ1n) is 5.67. The van der Waals surface area contributed by atoms with E-state index in [1.165, 1.54) is 0 Å². The first kappa shape index (κ1) is 13.4. The topological polar surface area (TPSA) is 27.1 Å². The minimum Gasteiger partial charge on any atom is -0.452 e. The van der Waals surface area contributed by atoms with Gasteiger partial charge in [-0.25, -0.2) is 0 Å². The van der Waals surface area contributed by atoms with Gasteiger partial charge in [0.05, 0.1) is 17.4 Å². The Morgan fingerprint density at radius 3 is 2.83 bits per heavy atom. The van der Waals surface area contributed by atoms with Gasteiger partial charge in [0.15, 0.2) is 5.75 Å². The zero-order valence-electron chi connectivity index (χ0n) is 10.2. The predicted octanol–water partition coefficient (Wildman–Crippen LogP) is 4.80. The number of rotatable bonds is 4. The summed E-state index contributed by atoms with van der Waals surface area (Å²) in [7, 11) is 0. The molecular weight excluding hydrogens is 316 g/mol. The third kappa shape index (κ3) is 2.87. The molecule has 0 saturated heterocycles. The highest BCUT2D eigenvalue weighted by molar-refractivity contribution is 9.08. The van der Waals surface area contributed by atoms with Crippen molar-refractivity contribution >= 4 is 27.5 Å². The van der Waals surface area contributed by atoms with Gasteiger partial charge < -0.3 is 4.74 Å². The van der Waals surface area contributed by atoms with E-state index in [0.29, 0.717) is 27.9 Å². The van der Waals surface area contributed by atoms with Crippen LogP contribution in [0.2, 0.25) is 5.02 Å². The smallest absolute Gasteiger partial charge is 0.165 e. The van der Waals surface area contributed by atoms with Gasteiger partial charge in [-0.15, -0.1) is 0 Å². The molecule has 0 aliphatic rings. The van der Waals surface area contributed by atoms with Crippen LogP contribution in [0.1, 0.15) is 25.5 Å². The van der Waals surface area contributed by atoms with Gasteiger partial charge in [-0.1, -0.05) is 39.7 Å². The molecule has 0 amide bonds. The van der Waals surface area contributed by atoms with Gasteiger partial charge in [0, 0.05) is 16.9 Å². The van der Waals surface area contributed by atoms with E-state index in [4.69, 9.17) is 16.3 Å². The van der Waals surface area contributed by atoms with E-state index < -0.39 is 0 Å². The maximum absolute atomic E-state index is 6.15. The average molecular weight is 330 g/mol. The number of hydrogen-bond donors (Lipinski definition) is 0. The minimum absolute atomic E-state index is 0.309. The van der Waals surface area contributed by atoms with Gasteiger partial charge in [0.1, 0.15) is 5.75 Å². The van der Waals surface area contributed by atoms with Crippen LogP contribution in [0.3, 0.4) is 0 Å². The van der Waals surface area contributed by atoms with Gasteiger partial charge in [-0.3, -0.25) is 4.68 Å². The summed E-state index contributed by atoms with van der Waals surface area (Å²) in [5, 5.41) is 5.53. The molecule has 2 aromatic rings. The van der Waals surface area contributed by atoms with Crippen molar-refractivity contribution in [1.82, 2.24) is 9.78 Å². The molecule has 0 saturated carbocycles. The van der Waals surface area contributed by atoms with Crippen LogP contribution in [-0.4, -0.2) is 9.78 Å². The monoisotopic (exact) mass is 328 g/mol. The average Bonchev–Trinajstić information content (AvgIpc) is 2.80. The summed E-state index contributed by atoms with van der Waals surface area (Å²) in [6, 6.07) is 6.01. The van der Waals surface area contributed by atoms with E-state index in [1.54, 1.807) is 6.20 Å². The lowest BCUT2D eigenvalue weighted by molar-refractivity contribution is 0.473. The van der Waals surface area contributed by atoms with Crippen LogP contribution in [0.5, 0.6) is 11.5 Å². The first-order valence-corrected chi connectivity index (χ1v) is 7.17. The van der Waals surface area contributed by atoms with Crippen molar-refractivity contribution in [3.8, 4) is 11.5 Å². The Kier molecular flexibility index (Phi) is 4.30. The Bertz CT molecular complexity index is 540. The number of para-hydroxylation sites is 1. The van der Waals surface area contributed by atoms with Crippen molar-refractivity contribution in [1.29, 1.82) is 0 Å². The van der Waals surface area contributed by atoms with Crippen molar-refractivity contribution in [3.63, 3.8) is 0 Å². The maximum atomic E-state index is 6.15. The lowest BCUT2D eigenvalue weighted by atomic mass is 10.2. The number of alkyl halides is 1. The van der Waals surface area contributed by atoms with Crippen LogP contribution in [0.25, 0.3) is 0 Å². The molecule has 5 heteroatoms. The molecule has 0 unspecified atom stereocenters. The van der Waals surface area contributed by atoms with Crippen molar-refractivity contribution in [2.75, 3.05) is 0 Å². The molecule has 1 aromatic carbocycles. The summed E-state index contributed by atoms with van der Waals surface area (Å²) in [4.78, 5) is 0. The van der Waals surface area contributed by atoms with E-state index in [2.05, 4.69) is 34.9 Å². The molecule has 1 heterocycles. The first-order chi connectivity index (χ1) is 8.61. The molecule has 0 fully saturated rings. The molecule has 1 aromatic heterocycles.